The summed E-state index contributed by atoms with van der Waals surface area (Å²) in [5, 5.41) is 11.0. The molecule has 0 unspecified atom stereocenters. The number of nitrogens with zero attached hydrogens (tertiary/aromatic N) is 2. The zero-order chi connectivity index (χ0) is 24.2. The number of hydrogen-bond donors (Lipinski definition) is 0. The first-order valence-corrected chi connectivity index (χ1v) is 12.5. The molecule has 0 aromatic heterocycles. The minimum atomic E-state index is -0.446. The Balaban J connectivity index is 1.51. The quantitative estimate of drug-likeness (QED) is 0.184. The minimum Gasteiger partial charge on any atom is -0.493 e. The SMILES string of the molecule is COc1cc(/C=C2\SC(=S)N(C[C@H]3CCCO3)C2=O)cc(Br)c1OCc1cccc([N+](=O)[O-])c1. The first kappa shape index (κ1) is 24.6. The fourth-order valence-corrected chi connectivity index (χ4v) is 5.53. The van der Waals surface area contributed by atoms with Gasteiger partial charge < -0.3 is 14.2 Å². The summed E-state index contributed by atoms with van der Waals surface area (Å²) in [6.07, 6.45) is 3.72. The van der Waals surface area contributed by atoms with Crippen molar-refractivity contribution in [3.8, 4) is 11.5 Å². The van der Waals surface area contributed by atoms with Gasteiger partial charge in [0.05, 0.1) is 34.1 Å². The summed E-state index contributed by atoms with van der Waals surface area (Å²) in [5.74, 6) is 0.782. The van der Waals surface area contributed by atoms with Gasteiger partial charge in [0.2, 0.25) is 0 Å². The van der Waals surface area contributed by atoms with E-state index >= 15 is 0 Å². The summed E-state index contributed by atoms with van der Waals surface area (Å²) < 4.78 is 18.2. The summed E-state index contributed by atoms with van der Waals surface area (Å²) in [6.45, 7) is 1.32. The standard InChI is InChI=1S/C23H21BrN2O6S2/c1-30-19-10-15(11-20-22(27)25(23(33)34-20)12-17-6-3-7-31-17)9-18(24)21(19)32-13-14-4-2-5-16(8-14)26(28)29/h2,4-5,8-11,17H,3,6-7,12-13H2,1H3/b20-11-/t17-/m1/s1. The molecule has 0 spiro atoms. The molecule has 2 aromatic carbocycles. The van der Waals surface area contributed by atoms with E-state index in [1.54, 1.807) is 29.2 Å². The lowest BCUT2D eigenvalue weighted by molar-refractivity contribution is -0.384. The number of amides is 1. The van der Waals surface area contributed by atoms with Crippen LogP contribution in [0.4, 0.5) is 5.69 Å². The number of carbonyl (C=O) groups is 1. The van der Waals surface area contributed by atoms with Crippen LogP contribution in [0, 0.1) is 10.1 Å². The number of rotatable bonds is 8. The molecule has 0 aliphatic carbocycles. The van der Waals surface area contributed by atoms with Gasteiger partial charge in [-0.1, -0.05) is 36.1 Å². The Labute approximate surface area is 214 Å². The van der Waals surface area contributed by atoms with Crippen LogP contribution in [-0.2, 0) is 16.1 Å². The molecule has 2 heterocycles. The lowest BCUT2D eigenvalue weighted by atomic mass is 10.1. The van der Waals surface area contributed by atoms with E-state index in [0.717, 1.165) is 25.0 Å². The molecule has 0 N–H and O–H groups in total. The number of methoxy groups -OCH3 is 1. The normalized spacial score (nSPS) is 19.2. The van der Waals surface area contributed by atoms with Gasteiger partial charge >= 0.3 is 0 Å². The Morgan fingerprint density at radius 1 is 1.38 bits per heavy atom. The van der Waals surface area contributed by atoms with E-state index in [9.17, 15) is 14.9 Å². The number of ether oxygens (including phenoxy) is 3. The minimum absolute atomic E-state index is 0.000661. The van der Waals surface area contributed by atoms with Crippen LogP contribution < -0.4 is 9.47 Å². The van der Waals surface area contributed by atoms with Gasteiger partial charge in [0.25, 0.3) is 11.6 Å². The van der Waals surface area contributed by atoms with Crippen LogP contribution in [0.1, 0.15) is 24.0 Å². The average molecular weight is 565 g/mol. The number of halogens is 1. The van der Waals surface area contributed by atoms with Crippen LogP contribution in [0.15, 0.2) is 45.8 Å². The summed E-state index contributed by atoms with van der Waals surface area (Å²) in [5.41, 5.74) is 1.39. The van der Waals surface area contributed by atoms with E-state index in [1.807, 2.05) is 6.07 Å². The number of hydrogen-bond acceptors (Lipinski definition) is 8. The highest BCUT2D eigenvalue weighted by Gasteiger charge is 2.34. The molecular weight excluding hydrogens is 544 g/mol. The highest BCUT2D eigenvalue weighted by Crippen LogP contribution is 2.40. The maximum Gasteiger partial charge on any atom is 0.269 e. The molecule has 2 aromatic rings. The predicted octanol–water partition coefficient (Wildman–Crippen LogP) is 5.33. The molecule has 2 aliphatic heterocycles. The smallest absolute Gasteiger partial charge is 0.269 e. The van der Waals surface area contributed by atoms with Crippen LogP contribution in [-0.4, -0.2) is 46.4 Å². The fraction of sp³-hybridized carbons (Fsp3) is 0.304. The van der Waals surface area contributed by atoms with Gasteiger partial charge in [-0.2, -0.15) is 0 Å². The van der Waals surface area contributed by atoms with Crippen LogP contribution in [0.25, 0.3) is 6.08 Å². The molecule has 1 amide bonds. The van der Waals surface area contributed by atoms with Gasteiger partial charge in [0, 0.05) is 18.7 Å². The number of non-ortho nitro benzene ring substituents is 1. The van der Waals surface area contributed by atoms with Gasteiger partial charge in [-0.05, 0) is 58.1 Å². The van der Waals surface area contributed by atoms with Crippen molar-refractivity contribution in [3.05, 3.63) is 67.0 Å². The summed E-state index contributed by atoms with van der Waals surface area (Å²) in [7, 11) is 1.52. The second-order valence-electron chi connectivity index (χ2n) is 7.68. The molecule has 4 rings (SSSR count). The summed E-state index contributed by atoms with van der Waals surface area (Å²) in [6, 6.07) is 9.84. The van der Waals surface area contributed by atoms with Crippen LogP contribution >= 0.6 is 39.9 Å². The van der Waals surface area contributed by atoms with Crippen LogP contribution in [0.5, 0.6) is 11.5 Å². The molecule has 178 valence electrons. The number of carbonyl (C=O) groups excluding carboxylic acids is 1. The number of nitro benzene ring substituents is 1. The zero-order valence-electron chi connectivity index (χ0n) is 18.2. The van der Waals surface area contributed by atoms with Crippen molar-refractivity contribution in [2.75, 3.05) is 20.3 Å². The summed E-state index contributed by atoms with van der Waals surface area (Å²) >= 11 is 10.2. The highest BCUT2D eigenvalue weighted by molar-refractivity contribution is 9.10. The van der Waals surface area contributed by atoms with Crippen molar-refractivity contribution < 1.29 is 23.9 Å². The third kappa shape index (κ3) is 5.60. The molecule has 11 heteroatoms. The topological polar surface area (TPSA) is 91.1 Å². The average Bonchev–Trinajstić information content (AvgIpc) is 3.42. The van der Waals surface area contributed by atoms with Crippen LogP contribution in [0.2, 0.25) is 0 Å². The van der Waals surface area contributed by atoms with Crippen molar-refractivity contribution in [1.82, 2.24) is 4.90 Å². The van der Waals surface area contributed by atoms with E-state index in [4.69, 9.17) is 26.4 Å². The van der Waals surface area contributed by atoms with Gasteiger partial charge in [0.1, 0.15) is 10.9 Å². The Kier molecular flexibility index (Phi) is 7.87. The van der Waals surface area contributed by atoms with E-state index < -0.39 is 4.92 Å². The van der Waals surface area contributed by atoms with Crippen molar-refractivity contribution in [2.24, 2.45) is 0 Å². The Morgan fingerprint density at radius 3 is 2.91 bits per heavy atom. The molecule has 1 atom stereocenters. The van der Waals surface area contributed by atoms with Gasteiger partial charge in [-0.3, -0.25) is 19.8 Å². The van der Waals surface area contributed by atoms with E-state index in [0.29, 0.717) is 37.3 Å². The first-order chi connectivity index (χ1) is 16.4. The molecule has 8 nitrogen and oxygen atoms in total. The monoisotopic (exact) mass is 564 g/mol. The van der Waals surface area contributed by atoms with Crippen molar-refractivity contribution in [3.63, 3.8) is 0 Å². The second-order valence-corrected chi connectivity index (χ2v) is 10.2. The fourth-order valence-electron chi connectivity index (χ4n) is 3.68. The molecule has 2 aliphatic rings. The largest absolute Gasteiger partial charge is 0.493 e. The molecule has 34 heavy (non-hydrogen) atoms. The number of benzene rings is 2. The molecule has 0 bridgehead atoms. The molecule has 0 radical (unpaired) electrons. The van der Waals surface area contributed by atoms with Gasteiger partial charge in [-0.25, -0.2) is 0 Å². The molecule has 2 saturated heterocycles. The Hall–Kier alpha value is -2.47. The van der Waals surface area contributed by atoms with Crippen LogP contribution in [0.3, 0.4) is 0 Å². The second kappa shape index (κ2) is 10.9. The van der Waals surface area contributed by atoms with E-state index in [-0.39, 0.29) is 24.3 Å². The predicted molar refractivity (Wildman–Crippen MR) is 137 cm³/mol. The third-order valence-corrected chi connectivity index (χ3v) is 7.30. The zero-order valence-corrected chi connectivity index (χ0v) is 21.4. The number of thiocarbonyl (C=S) groups is 1. The number of thioether (sulfide) groups is 1. The van der Waals surface area contributed by atoms with Gasteiger partial charge in [0.15, 0.2) is 11.5 Å². The lowest BCUT2D eigenvalue weighted by Crippen LogP contribution is -2.35. The van der Waals surface area contributed by atoms with E-state index in [2.05, 4.69) is 15.9 Å². The lowest BCUT2D eigenvalue weighted by Gasteiger charge is -2.18. The first-order valence-electron chi connectivity index (χ1n) is 10.5. The number of nitro groups is 1. The maximum atomic E-state index is 12.9. The Bertz CT molecular complexity index is 1170. The van der Waals surface area contributed by atoms with E-state index in [1.165, 1.54) is 31.0 Å². The van der Waals surface area contributed by atoms with Crippen molar-refractivity contribution >= 4 is 61.9 Å². The molecular formula is C23H21BrN2O6S2. The van der Waals surface area contributed by atoms with Gasteiger partial charge in [-0.15, -0.1) is 0 Å². The van der Waals surface area contributed by atoms with Crippen molar-refractivity contribution in [1.29, 1.82) is 0 Å². The third-order valence-electron chi connectivity index (χ3n) is 5.34. The van der Waals surface area contributed by atoms with Crippen molar-refractivity contribution in [2.45, 2.75) is 25.6 Å². The molecule has 2 fully saturated rings. The summed E-state index contributed by atoms with van der Waals surface area (Å²) in [4.78, 5) is 25.6. The Morgan fingerprint density at radius 2 is 2.21 bits per heavy atom. The highest BCUT2D eigenvalue weighted by atomic mass is 79.9. The maximum absolute atomic E-state index is 12.9. The molecule has 0 saturated carbocycles.